The van der Waals surface area contributed by atoms with E-state index in [-0.39, 0.29) is 11.9 Å². The normalized spacial score (nSPS) is 29.6. The maximum absolute atomic E-state index is 11.7. The molecule has 2 heterocycles. The number of nitrogens with zero attached hydrogens (tertiary/aromatic N) is 1. The molecule has 0 bridgehead atoms. The van der Waals surface area contributed by atoms with Gasteiger partial charge in [-0.05, 0) is 19.3 Å². The molecule has 2 fully saturated rings. The predicted molar refractivity (Wildman–Crippen MR) is 56.2 cm³/mol. The number of morpholine rings is 1. The number of hydrogen-bond donors (Lipinski definition) is 2. The molecule has 1 amide bonds. The molecule has 2 saturated heterocycles. The summed E-state index contributed by atoms with van der Waals surface area (Å²) in [6, 6.07) is -0.0504. The Bertz CT molecular complexity index is 217. The standard InChI is InChI=1S/C10H19N3O2/c14-10-9(3-1-2-4-11-10)12-13-5-7-15-8-6-13/h9,12H,1-8H2,(H,11,14). The van der Waals surface area contributed by atoms with Gasteiger partial charge in [-0.2, -0.15) is 0 Å². The molecule has 1 unspecified atom stereocenters. The van der Waals surface area contributed by atoms with Gasteiger partial charge in [0.1, 0.15) is 6.04 Å². The van der Waals surface area contributed by atoms with Crippen molar-refractivity contribution in [3.05, 3.63) is 0 Å². The molecule has 15 heavy (non-hydrogen) atoms. The van der Waals surface area contributed by atoms with Gasteiger partial charge < -0.3 is 10.1 Å². The quantitative estimate of drug-likeness (QED) is 0.649. The van der Waals surface area contributed by atoms with Crippen LogP contribution >= 0.6 is 0 Å². The molecule has 0 spiro atoms. The lowest BCUT2D eigenvalue weighted by molar-refractivity contribution is -0.125. The minimum atomic E-state index is -0.0504. The monoisotopic (exact) mass is 213 g/mol. The van der Waals surface area contributed by atoms with E-state index < -0.39 is 0 Å². The molecule has 86 valence electrons. The first-order chi connectivity index (χ1) is 7.36. The van der Waals surface area contributed by atoms with Crippen molar-refractivity contribution in [1.82, 2.24) is 15.8 Å². The second kappa shape index (κ2) is 5.44. The van der Waals surface area contributed by atoms with Crippen molar-refractivity contribution in [2.45, 2.75) is 25.3 Å². The molecule has 2 N–H and O–H groups in total. The number of nitrogens with one attached hydrogen (secondary N) is 2. The molecule has 0 saturated carbocycles. The number of rotatable bonds is 2. The van der Waals surface area contributed by atoms with E-state index in [1.807, 2.05) is 0 Å². The van der Waals surface area contributed by atoms with Crippen molar-refractivity contribution in [1.29, 1.82) is 0 Å². The van der Waals surface area contributed by atoms with Gasteiger partial charge in [-0.1, -0.05) is 0 Å². The zero-order valence-electron chi connectivity index (χ0n) is 9.00. The van der Waals surface area contributed by atoms with Crippen LogP contribution in [0.25, 0.3) is 0 Å². The third kappa shape index (κ3) is 3.15. The van der Waals surface area contributed by atoms with E-state index in [2.05, 4.69) is 15.8 Å². The lowest BCUT2D eigenvalue weighted by Crippen LogP contribution is -2.54. The van der Waals surface area contributed by atoms with Gasteiger partial charge in [0.25, 0.3) is 0 Å². The van der Waals surface area contributed by atoms with Gasteiger partial charge in [0.2, 0.25) is 5.91 Å². The Morgan fingerprint density at radius 2 is 2.13 bits per heavy atom. The largest absolute Gasteiger partial charge is 0.379 e. The van der Waals surface area contributed by atoms with Crippen molar-refractivity contribution in [3.63, 3.8) is 0 Å². The molecule has 0 radical (unpaired) electrons. The maximum atomic E-state index is 11.7. The summed E-state index contributed by atoms with van der Waals surface area (Å²) in [4.78, 5) is 11.7. The Hall–Kier alpha value is -0.650. The second-order valence-electron chi connectivity index (χ2n) is 4.07. The van der Waals surface area contributed by atoms with E-state index >= 15 is 0 Å². The van der Waals surface area contributed by atoms with Crippen molar-refractivity contribution in [2.75, 3.05) is 32.8 Å². The summed E-state index contributed by atoms with van der Waals surface area (Å²) < 4.78 is 5.26. The highest BCUT2D eigenvalue weighted by molar-refractivity contribution is 5.81. The van der Waals surface area contributed by atoms with Crippen LogP contribution in [0, 0.1) is 0 Å². The Labute approximate surface area is 90.1 Å². The van der Waals surface area contributed by atoms with E-state index in [9.17, 15) is 4.79 Å². The van der Waals surface area contributed by atoms with Gasteiger partial charge in [0, 0.05) is 19.6 Å². The summed E-state index contributed by atoms with van der Waals surface area (Å²) in [5, 5.41) is 5.02. The number of amides is 1. The van der Waals surface area contributed by atoms with Crippen LogP contribution in [0.1, 0.15) is 19.3 Å². The van der Waals surface area contributed by atoms with Gasteiger partial charge >= 0.3 is 0 Å². The lowest BCUT2D eigenvalue weighted by Gasteiger charge is -2.30. The van der Waals surface area contributed by atoms with Gasteiger partial charge in [-0.15, -0.1) is 0 Å². The average molecular weight is 213 g/mol. The number of hydrogen-bond acceptors (Lipinski definition) is 4. The molecule has 2 rings (SSSR count). The number of carbonyl (C=O) groups excluding carboxylic acids is 1. The minimum Gasteiger partial charge on any atom is -0.379 e. The SMILES string of the molecule is O=C1NCCCCC1NN1CCOCC1. The maximum Gasteiger partial charge on any atom is 0.238 e. The summed E-state index contributed by atoms with van der Waals surface area (Å²) in [5.74, 6) is 0.138. The number of ether oxygens (including phenoxy) is 1. The zero-order chi connectivity index (χ0) is 10.5. The summed E-state index contributed by atoms with van der Waals surface area (Å²) >= 11 is 0. The van der Waals surface area contributed by atoms with E-state index in [0.29, 0.717) is 0 Å². The molecule has 0 aromatic carbocycles. The summed E-state index contributed by atoms with van der Waals surface area (Å²) in [6.45, 7) is 4.05. The van der Waals surface area contributed by atoms with Crippen LogP contribution in [0.2, 0.25) is 0 Å². The fourth-order valence-electron chi connectivity index (χ4n) is 1.98. The van der Waals surface area contributed by atoms with Gasteiger partial charge in [0.15, 0.2) is 0 Å². The highest BCUT2D eigenvalue weighted by Gasteiger charge is 2.23. The van der Waals surface area contributed by atoms with Crippen molar-refractivity contribution in [3.8, 4) is 0 Å². The van der Waals surface area contributed by atoms with Gasteiger partial charge in [-0.25, -0.2) is 10.4 Å². The topological polar surface area (TPSA) is 53.6 Å². The van der Waals surface area contributed by atoms with E-state index in [0.717, 1.165) is 52.1 Å². The summed E-state index contributed by atoms with van der Waals surface area (Å²) in [7, 11) is 0. The minimum absolute atomic E-state index is 0.0504. The fourth-order valence-corrected chi connectivity index (χ4v) is 1.98. The molecule has 5 nitrogen and oxygen atoms in total. The highest BCUT2D eigenvalue weighted by Crippen LogP contribution is 2.06. The third-order valence-electron chi connectivity index (χ3n) is 2.88. The Kier molecular flexibility index (Phi) is 3.94. The number of carbonyl (C=O) groups is 1. The van der Waals surface area contributed by atoms with Gasteiger partial charge in [-0.3, -0.25) is 4.79 Å². The first kappa shape index (κ1) is 10.9. The van der Waals surface area contributed by atoms with Crippen LogP contribution in [0.15, 0.2) is 0 Å². The molecule has 0 aromatic rings. The van der Waals surface area contributed by atoms with Crippen LogP contribution < -0.4 is 10.7 Å². The molecule has 0 aliphatic carbocycles. The zero-order valence-corrected chi connectivity index (χ0v) is 9.00. The molecule has 5 heteroatoms. The van der Waals surface area contributed by atoms with E-state index in [4.69, 9.17) is 4.74 Å². The Morgan fingerprint density at radius 1 is 1.33 bits per heavy atom. The summed E-state index contributed by atoms with van der Waals surface area (Å²) in [6.07, 6.45) is 3.14. The number of hydrazine groups is 1. The molecule has 0 aromatic heterocycles. The first-order valence-corrected chi connectivity index (χ1v) is 5.73. The van der Waals surface area contributed by atoms with Crippen LogP contribution in [0.4, 0.5) is 0 Å². The first-order valence-electron chi connectivity index (χ1n) is 5.73. The Morgan fingerprint density at radius 3 is 2.93 bits per heavy atom. The van der Waals surface area contributed by atoms with E-state index in [1.165, 1.54) is 0 Å². The predicted octanol–water partition coefficient (Wildman–Crippen LogP) is -0.508. The fraction of sp³-hybridized carbons (Fsp3) is 0.900. The average Bonchev–Trinajstić information content (AvgIpc) is 2.46. The molecule has 1 atom stereocenters. The van der Waals surface area contributed by atoms with Crippen LogP contribution in [0.3, 0.4) is 0 Å². The van der Waals surface area contributed by atoms with Crippen molar-refractivity contribution < 1.29 is 9.53 Å². The highest BCUT2D eigenvalue weighted by atomic mass is 16.5. The van der Waals surface area contributed by atoms with Crippen LogP contribution in [-0.4, -0.2) is 49.8 Å². The van der Waals surface area contributed by atoms with Crippen LogP contribution in [-0.2, 0) is 9.53 Å². The lowest BCUT2D eigenvalue weighted by atomic mass is 10.1. The second-order valence-corrected chi connectivity index (χ2v) is 4.07. The molecular weight excluding hydrogens is 194 g/mol. The van der Waals surface area contributed by atoms with Gasteiger partial charge in [0.05, 0.1) is 13.2 Å². The molecule has 2 aliphatic rings. The smallest absolute Gasteiger partial charge is 0.238 e. The van der Waals surface area contributed by atoms with Crippen molar-refractivity contribution in [2.24, 2.45) is 0 Å². The van der Waals surface area contributed by atoms with Crippen molar-refractivity contribution >= 4 is 5.91 Å². The Balaban J connectivity index is 1.82. The third-order valence-corrected chi connectivity index (χ3v) is 2.88. The van der Waals surface area contributed by atoms with E-state index in [1.54, 1.807) is 0 Å². The molecular formula is C10H19N3O2. The summed E-state index contributed by atoms with van der Waals surface area (Å²) in [5.41, 5.74) is 3.29. The molecule has 2 aliphatic heterocycles. The van der Waals surface area contributed by atoms with Crippen LogP contribution in [0.5, 0.6) is 0 Å².